The second-order valence-electron chi connectivity index (χ2n) is 6.88. The fraction of sp³-hybridized carbons (Fsp3) is 0.250. The Hall–Kier alpha value is -2.85. The highest BCUT2D eigenvalue weighted by molar-refractivity contribution is 7.94. The molecule has 0 bridgehead atoms. The predicted octanol–water partition coefficient (Wildman–Crippen LogP) is 4.17. The number of carbonyl (C=O) groups excluding carboxylic acids is 1. The normalized spacial score (nSPS) is 16.4. The van der Waals surface area contributed by atoms with Gasteiger partial charge in [0.25, 0.3) is 5.91 Å². The lowest BCUT2D eigenvalue weighted by Crippen LogP contribution is -2.41. The van der Waals surface area contributed by atoms with E-state index in [1.54, 1.807) is 24.4 Å². The zero-order chi connectivity index (χ0) is 18.5. The lowest BCUT2D eigenvalue weighted by Gasteiger charge is -2.29. The number of fused-ring (bicyclic) bond motifs is 3. The molecule has 1 aliphatic heterocycles. The monoisotopic (exact) mass is 378 g/mol. The lowest BCUT2D eigenvalue weighted by molar-refractivity contribution is 0.0694. The molecule has 0 unspecified atom stereocenters. The molecule has 7 heteroatoms. The number of aromatic nitrogens is 2. The fourth-order valence-corrected chi connectivity index (χ4v) is 4.29. The first kappa shape index (κ1) is 16.3. The second-order valence-corrected chi connectivity index (χ2v) is 7.47. The van der Waals surface area contributed by atoms with Gasteiger partial charge in [-0.15, -0.1) is 0 Å². The number of benzene rings is 1. The number of rotatable bonds is 3. The van der Waals surface area contributed by atoms with Crippen molar-refractivity contribution in [3.63, 3.8) is 0 Å². The Morgan fingerprint density at radius 2 is 2.11 bits per heavy atom. The average Bonchev–Trinajstić information content (AvgIpc) is 3.49. The first-order valence-electron chi connectivity index (χ1n) is 8.84. The molecule has 27 heavy (non-hydrogen) atoms. The van der Waals surface area contributed by atoms with Crippen LogP contribution in [0.1, 0.15) is 28.9 Å². The Morgan fingerprint density at radius 3 is 2.85 bits per heavy atom. The molecule has 0 atom stereocenters. The highest BCUT2D eigenvalue weighted by atomic mass is 32.2. The van der Waals surface area contributed by atoms with Crippen molar-refractivity contribution >= 4 is 29.1 Å². The molecule has 134 valence electrons. The van der Waals surface area contributed by atoms with Gasteiger partial charge in [-0.2, -0.15) is 9.15 Å². The number of nitriles is 1. The van der Waals surface area contributed by atoms with Gasteiger partial charge in [-0.05, 0) is 42.7 Å². The van der Waals surface area contributed by atoms with Crippen molar-refractivity contribution in [2.75, 3.05) is 6.54 Å². The number of halogens is 1. The summed E-state index contributed by atoms with van der Waals surface area (Å²) in [6, 6.07) is 11.2. The number of hydrogen-bond donors (Lipinski definition) is 0. The van der Waals surface area contributed by atoms with Crippen molar-refractivity contribution in [1.82, 2.24) is 14.5 Å². The van der Waals surface area contributed by atoms with Crippen LogP contribution in [0.4, 0.5) is 3.89 Å². The van der Waals surface area contributed by atoms with Gasteiger partial charge in [-0.3, -0.25) is 9.78 Å². The molecule has 1 amide bonds. The van der Waals surface area contributed by atoms with Gasteiger partial charge in [0, 0.05) is 30.9 Å². The first-order valence-corrected chi connectivity index (χ1v) is 9.56. The number of hydrogen-bond acceptors (Lipinski definition) is 4. The van der Waals surface area contributed by atoms with Crippen LogP contribution in [0.3, 0.4) is 0 Å². The highest BCUT2D eigenvalue weighted by Gasteiger charge is 2.39. The fourth-order valence-electron chi connectivity index (χ4n) is 3.92. The maximum Gasteiger partial charge on any atom is 0.271 e. The van der Waals surface area contributed by atoms with Crippen molar-refractivity contribution in [2.24, 2.45) is 0 Å². The Labute approximate surface area is 159 Å². The largest absolute Gasteiger partial charge is 0.333 e. The smallest absolute Gasteiger partial charge is 0.271 e. The molecule has 1 fully saturated rings. The third kappa shape index (κ3) is 2.44. The molecule has 0 N–H and O–H groups in total. The van der Waals surface area contributed by atoms with E-state index in [1.165, 1.54) is 0 Å². The molecule has 1 aromatic carbocycles. The van der Waals surface area contributed by atoms with Crippen LogP contribution in [0.5, 0.6) is 0 Å². The Morgan fingerprint density at radius 1 is 1.26 bits per heavy atom. The van der Waals surface area contributed by atoms with Crippen LogP contribution in [-0.2, 0) is 6.54 Å². The van der Waals surface area contributed by atoms with E-state index in [1.807, 2.05) is 27.7 Å². The van der Waals surface area contributed by atoms with Gasteiger partial charge in [0.05, 0.1) is 33.6 Å². The summed E-state index contributed by atoms with van der Waals surface area (Å²) < 4.78 is 15.4. The number of amides is 1. The van der Waals surface area contributed by atoms with Crippen LogP contribution >= 0.6 is 12.1 Å². The highest BCUT2D eigenvalue weighted by Crippen LogP contribution is 2.40. The van der Waals surface area contributed by atoms with E-state index in [2.05, 4.69) is 4.98 Å². The number of nitrogens with zero attached hydrogens (tertiary/aromatic N) is 4. The summed E-state index contributed by atoms with van der Waals surface area (Å²) in [7, 11) is 0. The van der Waals surface area contributed by atoms with Crippen LogP contribution in [0, 0.1) is 11.3 Å². The SMILES string of the molecule is N#Cc1ccc(-c2c3n(c4cccnc24)CCN(C2CC2)C3=O)cc1SF. The van der Waals surface area contributed by atoms with Crippen LogP contribution in [0.25, 0.3) is 22.2 Å². The summed E-state index contributed by atoms with van der Waals surface area (Å²) in [6.45, 7) is 1.42. The molecule has 1 aliphatic carbocycles. The summed E-state index contributed by atoms with van der Waals surface area (Å²) in [4.78, 5) is 20.0. The molecule has 2 aliphatic rings. The van der Waals surface area contributed by atoms with Gasteiger partial charge in [0.1, 0.15) is 11.8 Å². The maximum absolute atomic E-state index is 13.4. The van der Waals surface area contributed by atoms with Crippen molar-refractivity contribution in [3.05, 3.63) is 47.8 Å². The molecule has 0 radical (unpaired) electrons. The Balaban J connectivity index is 1.78. The molecule has 5 rings (SSSR count). The third-order valence-corrected chi connectivity index (χ3v) is 5.81. The van der Waals surface area contributed by atoms with Crippen LogP contribution in [0.2, 0.25) is 0 Å². The molecule has 1 saturated carbocycles. The Bertz CT molecular complexity index is 1130. The Kier molecular flexibility index (Phi) is 3.69. The summed E-state index contributed by atoms with van der Waals surface area (Å²) in [5.41, 5.74) is 3.96. The minimum atomic E-state index is 0.00978. The summed E-state index contributed by atoms with van der Waals surface area (Å²) in [5.74, 6) is 0.00978. The molecule has 5 nitrogen and oxygen atoms in total. The molecule has 0 saturated heterocycles. The molecule has 3 heterocycles. The topological polar surface area (TPSA) is 61.9 Å². The zero-order valence-corrected chi connectivity index (χ0v) is 15.2. The average molecular weight is 378 g/mol. The number of carbonyl (C=O) groups is 1. The molecular weight excluding hydrogens is 363 g/mol. The van der Waals surface area contributed by atoms with E-state index in [4.69, 9.17) is 0 Å². The van der Waals surface area contributed by atoms with E-state index < -0.39 is 0 Å². The van der Waals surface area contributed by atoms with Crippen molar-refractivity contribution < 1.29 is 8.68 Å². The third-order valence-electron chi connectivity index (χ3n) is 5.31. The van der Waals surface area contributed by atoms with Gasteiger partial charge in [0.2, 0.25) is 0 Å². The minimum absolute atomic E-state index is 0.00978. The second kappa shape index (κ2) is 6.10. The molecular formula is C20H15FN4OS. The van der Waals surface area contributed by atoms with Crippen molar-refractivity contribution in [3.8, 4) is 17.2 Å². The maximum atomic E-state index is 13.4. The minimum Gasteiger partial charge on any atom is -0.333 e. The van der Waals surface area contributed by atoms with Crippen molar-refractivity contribution in [2.45, 2.75) is 30.3 Å². The van der Waals surface area contributed by atoms with Crippen LogP contribution < -0.4 is 0 Å². The summed E-state index contributed by atoms with van der Waals surface area (Å²) in [6.07, 6.45) is 3.81. The number of pyridine rings is 1. The van der Waals surface area contributed by atoms with Gasteiger partial charge in [-0.1, -0.05) is 6.07 Å². The van der Waals surface area contributed by atoms with Crippen LogP contribution in [0.15, 0.2) is 41.4 Å². The lowest BCUT2D eigenvalue weighted by atomic mass is 10.0. The predicted molar refractivity (Wildman–Crippen MR) is 101 cm³/mol. The standard InChI is InChI=1S/C20H15FN4OS/c21-27-16-10-12(3-4-13(16)11-22)17-18-15(2-1-7-23-18)25-9-8-24(14-5-6-14)20(26)19(17)25/h1-4,7,10,14H,5-6,8-9H2. The van der Waals surface area contributed by atoms with Gasteiger partial charge in [-0.25, -0.2) is 0 Å². The zero-order valence-electron chi connectivity index (χ0n) is 14.4. The van der Waals surface area contributed by atoms with E-state index >= 15 is 0 Å². The molecule has 2 aromatic heterocycles. The van der Waals surface area contributed by atoms with Crippen molar-refractivity contribution in [1.29, 1.82) is 5.26 Å². The summed E-state index contributed by atoms with van der Waals surface area (Å²) >= 11 is 0.0454. The van der Waals surface area contributed by atoms with E-state index in [0.717, 1.165) is 36.0 Å². The molecule has 3 aromatic rings. The van der Waals surface area contributed by atoms with E-state index in [0.29, 0.717) is 23.8 Å². The van der Waals surface area contributed by atoms with Gasteiger partial charge >= 0.3 is 0 Å². The van der Waals surface area contributed by atoms with E-state index in [9.17, 15) is 13.9 Å². The molecule has 0 spiro atoms. The quantitative estimate of drug-likeness (QED) is 0.686. The first-order chi connectivity index (χ1) is 13.2. The summed E-state index contributed by atoms with van der Waals surface area (Å²) in [5, 5.41) is 9.17. The van der Waals surface area contributed by atoms with Crippen LogP contribution in [-0.4, -0.2) is 32.9 Å². The van der Waals surface area contributed by atoms with E-state index in [-0.39, 0.29) is 28.5 Å². The van der Waals surface area contributed by atoms with Gasteiger partial charge in [0.15, 0.2) is 0 Å². The van der Waals surface area contributed by atoms with Gasteiger partial charge < -0.3 is 9.47 Å².